The van der Waals surface area contributed by atoms with Crippen molar-refractivity contribution in [1.29, 1.82) is 0 Å². The van der Waals surface area contributed by atoms with Gasteiger partial charge in [-0.15, -0.1) is 0 Å². The number of nitrogens with zero attached hydrogens (tertiary/aromatic N) is 1. The summed E-state index contributed by atoms with van der Waals surface area (Å²) in [5, 5.41) is 12.3. The zero-order valence-electron chi connectivity index (χ0n) is 16.5. The monoisotopic (exact) mass is 390 g/mol. The summed E-state index contributed by atoms with van der Waals surface area (Å²) < 4.78 is 5.84. The van der Waals surface area contributed by atoms with Gasteiger partial charge in [-0.2, -0.15) is 0 Å². The Balaban J connectivity index is 1.56. The first-order valence-electron chi connectivity index (χ1n) is 9.76. The van der Waals surface area contributed by atoms with Gasteiger partial charge in [-0.3, -0.25) is 4.79 Å². The zero-order valence-corrected chi connectivity index (χ0v) is 16.5. The summed E-state index contributed by atoms with van der Waals surface area (Å²) in [4.78, 5) is 15.8. The van der Waals surface area contributed by atoms with Gasteiger partial charge in [0.1, 0.15) is 11.6 Å². The average Bonchev–Trinajstić information content (AvgIpc) is 2.75. The molecule has 150 valence electrons. The van der Waals surface area contributed by atoms with Crippen LogP contribution < -0.4 is 10.1 Å². The van der Waals surface area contributed by atoms with Gasteiger partial charge in [-0.1, -0.05) is 48.5 Å². The summed E-state index contributed by atoms with van der Waals surface area (Å²) in [6.07, 6.45) is 1.52. The van der Waals surface area contributed by atoms with Crippen LogP contribution in [0, 0.1) is 0 Å². The molecule has 29 heavy (non-hydrogen) atoms. The molecule has 3 rings (SSSR count). The Morgan fingerprint density at radius 3 is 2.48 bits per heavy atom. The minimum atomic E-state index is -0.783. The van der Waals surface area contributed by atoms with E-state index in [1.165, 1.54) is 0 Å². The molecule has 1 atom stereocenters. The van der Waals surface area contributed by atoms with Crippen molar-refractivity contribution in [3.8, 4) is 5.75 Å². The number of benzene rings is 2. The maximum absolute atomic E-state index is 11.3. The van der Waals surface area contributed by atoms with Crippen molar-refractivity contribution in [1.82, 2.24) is 4.98 Å². The van der Waals surface area contributed by atoms with E-state index in [1.807, 2.05) is 79.8 Å². The fraction of sp³-hybridized carbons (Fsp3) is 0.250. The molecule has 0 saturated heterocycles. The normalized spacial score (nSPS) is 11.6. The number of pyridine rings is 1. The van der Waals surface area contributed by atoms with Crippen molar-refractivity contribution in [2.75, 3.05) is 19.0 Å². The van der Waals surface area contributed by atoms with E-state index in [-0.39, 0.29) is 12.3 Å². The van der Waals surface area contributed by atoms with E-state index >= 15 is 0 Å². The molecular weight excluding hydrogens is 364 g/mol. The second kappa shape index (κ2) is 10.3. The number of hydrogen-bond donors (Lipinski definition) is 2. The van der Waals surface area contributed by atoms with Crippen molar-refractivity contribution in [2.45, 2.75) is 25.2 Å². The molecule has 5 nitrogen and oxygen atoms in total. The van der Waals surface area contributed by atoms with Gasteiger partial charge in [0.25, 0.3) is 0 Å². The Labute approximate surface area is 171 Å². The topological polar surface area (TPSA) is 71.5 Å². The average molecular weight is 390 g/mol. The van der Waals surface area contributed by atoms with Crippen molar-refractivity contribution in [3.05, 3.63) is 89.6 Å². The molecule has 0 aliphatic rings. The lowest BCUT2D eigenvalue weighted by Gasteiger charge is -2.16. The lowest BCUT2D eigenvalue weighted by molar-refractivity contribution is -0.137. The molecule has 1 unspecified atom stereocenters. The molecule has 1 heterocycles. The first-order valence-corrected chi connectivity index (χ1v) is 9.76. The highest BCUT2D eigenvalue weighted by atomic mass is 16.5. The van der Waals surface area contributed by atoms with Crippen molar-refractivity contribution < 1.29 is 14.6 Å². The number of hydrogen-bond acceptors (Lipinski definition) is 4. The van der Waals surface area contributed by atoms with Gasteiger partial charge < -0.3 is 15.2 Å². The molecular formula is C24H26N2O3. The molecule has 5 heteroatoms. The third kappa shape index (κ3) is 6.35. The molecule has 0 bridgehead atoms. The lowest BCUT2D eigenvalue weighted by Crippen LogP contribution is -2.09. The Hall–Kier alpha value is -3.34. The highest BCUT2D eigenvalue weighted by Crippen LogP contribution is 2.25. The molecule has 1 aromatic heterocycles. The standard InChI is InChI=1S/C24H26N2O3/c1-25-23-9-5-8-21(26-23)14-15-29-22-12-10-18(11-13-22)16-20(17-24(27)28)19-6-3-2-4-7-19/h2-13,20H,14-17H2,1H3,(H,25,26)(H,27,28). The Morgan fingerprint density at radius 2 is 1.79 bits per heavy atom. The SMILES string of the molecule is CNc1cccc(CCOc2ccc(CC(CC(=O)O)c3ccccc3)cc2)n1. The van der Waals surface area contributed by atoms with Crippen LogP contribution in [-0.2, 0) is 17.6 Å². The molecule has 0 radical (unpaired) electrons. The molecule has 0 aliphatic heterocycles. The summed E-state index contributed by atoms with van der Waals surface area (Å²) >= 11 is 0. The maximum atomic E-state index is 11.3. The van der Waals surface area contributed by atoms with E-state index in [4.69, 9.17) is 4.74 Å². The third-order valence-corrected chi connectivity index (χ3v) is 4.79. The van der Waals surface area contributed by atoms with Crippen LogP contribution in [-0.4, -0.2) is 29.7 Å². The number of carboxylic acid groups (broad SMARTS) is 1. The Morgan fingerprint density at radius 1 is 1.03 bits per heavy atom. The summed E-state index contributed by atoms with van der Waals surface area (Å²) in [5.74, 6) is 0.815. The van der Waals surface area contributed by atoms with Gasteiger partial charge in [-0.05, 0) is 47.7 Å². The van der Waals surface area contributed by atoms with Crippen LogP contribution in [0.5, 0.6) is 5.75 Å². The van der Waals surface area contributed by atoms with E-state index in [0.29, 0.717) is 13.0 Å². The predicted octanol–water partition coefficient (Wildman–Crippen LogP) is 4.55. The second-order valence-corrected chi connectivity index (χ2v) is 6.92. The van der Waals surface area contributed by atoms with E-state index in [9.17, 15) is 9.90 Å². The van der Waals surface area contributed by atoms with Crippen LogP contribution in [0.3, 0.4) is 0 Å². The van der Waals surface area contributed by atoms with Crippen LogP contribution in [0.15, 0.2) is 72.8 Å². The quantitative estimate of drug-likeness (QED) is 0.532. The molecule has 0 aliphatic carbocycles. The summed E-state index contributed by atoms with van der Waals surface area (Å²) in [6.45, 7) is 0.547. The molecule has 2 aromatic carbocycles. The summed E-state index contributed by atoms with van der Waals surface area (Å²) in [6, 6.07) is 23.6. The summed E-state index contributed by atoms with van der Waals surface area (Å²) in [5.41, 5.74) is 3.12. The number of nitrogens with one attached hydrogen (secondary N) is 1. The summed E-state index contributed by atoms with van der Waals surface area (Å²) in [7, 11) is 1.85. The predicted molar refractivity (Wildman–Crippen MR) is 115 cm³/mol. The number of anilines is 1. The molecule has 0 fully saturated rings. The van der Waals surface area contributed by atoms with Crippen LogP contribution in [0.2, 0.25) is 0 Å². The number of aliphatic carboxylic acids is 1. The van der Waals surface area contributed by atoms with Crippen LogP contribution in [0.1, 0.15) is 29.2 Å². The van der Waals surface area contributed by atoms with Crippen LogP contribution >= 0.6 is 0 Å². The molecule has 0 spiro atoms. The Bertz CT molecular complexity index is 911. The van der Waals surface area contributed by atoms with Gasteiger partial charge in [0, 0.05) is 19.2 Å². The highest BCUT2D eigenvalue weighted by molar-refractivity contribution is 5.68. The van der Waals surface area contributed by atoms with Gasteiger partial charge in [0.2, 0.25) is 0 Å². The van der Waals surface area contributed by atoms with E-state index in [1.54, 1.807) is 0 Å². The number of carbonyl (C=O) groups is 1. The zero-order chi connectivity index (χ0) is 20.5. The van der Waals surface area contributed by atoms with Crippen LogP contribution in [0.25, 0.3) is 0 Å². The molecule has 0 saturated carbocycles. The first-order chi connectivity index (χ1) is 14.1. The van der Waals surface area contributed by atoms with Crippen molar-refractivity contribution in [3.63, 3.8) is 0 Å². The second-order valence-electron chi connectivity index (χ2n) is 6.92. The van der Waals surface area contributed by atoms with E-state index in [0.717, 1.165) is 34.8 Å². The van der Waals surface area contributed by atoms with Gasteiger partial charge >= 0.3 is 5.97 Å². The minimum Gasteiger partial charge on any atom is -0.493 e. The fourth-order valence-corrected chi connectivity index (χ4v) is 3.28. The maximum Gasteiger partial charge on any atom is 0.303 e. The van der Waals surface area contributed by atoms with Crippen LogP contribution in [0.4, 0.5) is 5.82 Å². The number of carboxylic acids is 1. The van der Waals surface area contributed by atoms with E-state index < -0.39 is 5.97 Å². The largest absolute Gasteiger partial charge is 0.493 e. The minimum absolute atomic E-state index is 0.0500. The van der Waals surface area contributed by atoms with Crippen molar-refractivity contribution >= 4 is 11.8 Å². The number of aromatic nitrogens is 1. The highest BCUT2D eigenvalue weighted by Gasteiger charge is 2.16. The molecule has 3 aromatic rings. The molecule has 0 amide bonds. The van der Waals surface area contributed by atoms with Gasteiger partial charge in [0.05, 0.1) is 13.0 Å². The first kappa shape index (κ1) is 20.4. The lowest BCUT2D eigenvalue weighted by atomic mass is 9.89. The smallest absolute Gasteiger partial charge is 0.303 e. The van der Waals surface area contributed by atoms with Crippen molar-refractivity contribution in [2.24, 2.45) is 0 Å². The number of rotatable bonds is 10. The van der Waals surface area contributed by atoms with E-state index in [2.05, 4.69) is 10.3 Å². The van der Waals surface area contributed by atoms with Gasteiger partial charge in [-0.25, -0.2) is 4.98 Å². The third-order valence-electron chi connectivity index (χ3n) is 4.79. The van der Waals surface area contributed by atoms with Gasteiger partial charge in [0.15, 0.2) is 0 Å². The Kier molecular flexibility index (Phi) is 7.22. The molecule has 2 N–H and O–H groups in total. The fourth-order valence-electron chi connectivity index (χ4n) is 3.28. The number of ether oxygens (including phenoxy) is 1.